The highest BCUT2D eigenvalue weighted by atomic mass is 35.5. The van der Waals surface area contributed by atoms with Gasteiger partial charge in [0.05, 0.1) is 19.4 Å². The second-order valence-electron chi connectivity index (χ2n) is 4.54. The number of carbonyl (C=O) groups is 1. The number of guanidine groups is 1. The predicted octanol–water partition coefficient (Wildman–Crippen LogP) is 1.23. The lowest BCUT2D eigenvalue weighted by Crippen LogP contribution is -2.25. The van der Waals surface area contributed by atoms with Crippen LogP contribution >= 0.6 is 31.6 Å². The van der Waals surface area contributed by atoms with Crippen molar-refractivity contribution in [2.75, 3.05) is 37.0 Å². The van der Waals surface area contributed by atoms with Crippen molar-refractivity contribution in [3.63, 3.8) is 0 Å². The van der Waals surface area contributed by atoms with Crippen molar-refractivity contribution in [1.29, 1.82) is 0 Å². The number of nitrogens with one attached hydrogen (secondary N) is 1. The number of amides is 1. The largest absolute Gasteiger partial charge is 0.382 e. The monoisotopic (exact) mass is 429 g/mol. The van der Waals surface area contributed by atoms with E-state index in [-0.39, 0.29) is 60.8 Å². The Balaban J connectivity index is 0.00000625. The molecule has 1 aromatic heterocycles. The molecule has 0 spiro atoms. The van der Waals surface area contributed by atoms with Gasteiger partial charge in [-0.2, -0.15) is 4.99 Å². The summed E-state index contributed by atoms with van der Waals surface area (Å²) in [5.41, 5.74) is 15.6. The maximum atomic E-state index is 12.3. The Bertz CT molecular complexity index is 690. The Kier molecular flexibility index (Phi) is 10.4. The highest BCUT2D eigenvalue weighted by molar-refractivity contribution is 7.53. The minimum absolute atomic E-state index is 0. The van der Waals surface area contributed by atoms with E-state index in [0.29, 0.717) is 0 Å². The summed E-state index contributed by atoms with van der Waals surface area (Å²) >= 11 is 5.97. The number of aliphatic imine (C=N–C) groups is 1. The molecule has 1 rings (SSSR count). The van der Waals surface area contributed by atoms with E-state index in [9.17, 15) is 9.36 Å². The Morgan fingerprint density at radius 3 is 2.35 bits per heavy atom. The van der Waals surface area contributed by atoms with E-state index < -0.39 is 19.5 Å². The molecule has 0 aliphatic rings. The molecule has 0 fully saturated rings. The second kappa shape index (κ2) is 11.1. The highest BCUT2D eigenvalue weighted by Gasteiger charge is 2.23. The molecule has 0 aliphatic heterocycles. The van der Waals surface area contributed by atoms with E-state index >= 15 is 0 Å². The number of carbonyl (C=O) groups excluding carboxylic acids is 1. The smallest absolute Gasteiger partial charge is 0.332 e. The van der Waals surface area contributed by atoms with Crippen LogP contribution < -0.4 is 22.5 Å². The Labute approximate surface area is 162 Å². The van der Waals surface area contributed by atoms with Crippen molar-refractivity contribution in [2.45, 2.75) is 13.8 Å². The quantitative estimate of drug-likeness (QED) is 0.253. The van der Waals surface area contributed by atoms with Gasteiger partial charge in [0.15, 0.2) is 28.4 Å². The van der Waals surface area contributed by atoms with Crippen molar-refractivity contribution in [3.8, 4) is 0 Å². The van der Waals surface area contributed by atoms with Gasteiger partial charge in [-0.05, 0) is 13.8 Å². The number of nitrogens with two attached hydrogens (primary N) is 3. The molecule has 148 valence electrons. The molecule has 0 bridgehead atoms. The lowest BCUT2D eigenvalue weighted by atomic mass is 10.4. The van der Waals surface area contributed by atoms with Crippen LogP contribution in [0.2, 0.25) is 5.15 Å². The van der Waals surface area contributed by atoms with Crippen LogP contribution in [-0.4, -0.2) is 47.8 Å². The van der Waals surface area contributed by atoms with Gasteiger partial charge in [0.25, 0.3) is 0 Å². The normalized spacial score (nSPS) is 10.7. The fourth-order valence-electron chi connectivity index (χ4n) is 1.74. The molecule has 1 amide bonds. The zero-order valence-corrected chi connectivity index (χ0v) is 16.7. The number of aromatic nitrogens is 2. The van der Waals surface area contributed by atoms with Crippen molar-refractivity contribution in [3.05, 3.63) is 10.8 Å². The first-order valence-corrected chi connectivity index (χ1v) is 9.42. The molecule has 26 heavy (non-hydrogen) atoms. The first-order valence-electron chi connectivity index (χ1n) is 7.31. The van der Waals surface area contributed by atoms with E-state index in [0.717, 1.165) is 0 Å². The van der Waals surface area contributed by atoms with Crippen LogP contribution in [0.4, 0.5) is 11.6 Å². The van der Waals surface area contributed by atoms with Gasteiger partial charge in [-0.25, -0.2) is 9.97 Å². The van der Waals surface area contributed by atoms with Crippen LogP contribution in [0.15, 0.2) is 4.99 Å². The molecule has 0 radical (unpaired) electrons. The van der Waals surface area contributed by atoms with Crippen LogP contribution in [0.5, 0.6) is 0 Å². The third kappa shape index (κ3) is 7.30. The third-order valence-electron chi connectivity index (χ3n) is 2.64. The number of hydrogen-bond donors (Lipinski definition) is 4. The molecule has 0 atom stereocenters. The minimum Gasteiger partial charge on any atom is -0.382 e. The summed E-state index contributed by atoms with van der Waals surface area (Å²) in [5.74, 6) is -1.40. The third-order valence-corrected chi connectivity index (χ3v) is 4.98. The highest BCUT2D eigenvalue weighted by Crippen LogP contribution is 2.47. The summed E-state index contributed by atoms with van der Waals surface area (Å²) in [5, 5.41) is 2.70. The zero-order valence-electron chi connectivity index (χ0n) is 14.3. The maximum Gasteiger partial charge on any atom is 0.332 e. The van der Waals surface area contributed by atoms with Crippen molar-refractivity contribution < 1.29 is 18.4 Å². The molecule has 0 unspecified atom stereocenters. The fraction of sp³-hybridized carbons (Fsp3) is 0.500. The number of nitrogen functional groups attached to an aromatic ring is 1. The number of rotatable bonds is 9. The van der Waals surface area contributed by atoms with Crippen molar-refractivity contribution in [2.24, 2.45) is 16.5 Å². The molecular weight excluding hydrogens is 408 g/mol. The van der Waals surface area contributed by atoms with Gasteiger partial charge in [0.2, 0.25) is 0 Å². The predicted molar refractivity (Wildman–Crippen MR) is 103 cm³/mol. The average Bonchev–Trinajstić information content (AvgIpc) is 2.50. The molecule has 0 aliphatic carbocycles. The molecule has 14 heteroatoms. The molecule has 7 N–H and O–H groups in total. The lowest BCUT2D eigenvalue weighted by Gasteiger charge is -2.17. The number of hydrogen-bond acceptors (Lipinski definition) is 8. The van der Waals surface area contributed by atoms with Gasteiger partial charge in [-0.3, -0.25) is 9.36 Å². The van der Waals surface area contributed by atoms with Crippen LogP contribution in [0.3, 0.4) is 0 Å². The van der Waals surface area contributed by atoms with Crippen LogP contribution in [0.1, 0.15) is 24.3 Å². The standard InChI is InChI=1S/C12H21ClN7O4P.ClH/c1-3-23-25(22,24-4-2)6-5-17-10-8(13)18-7(9(14)19-10)11(21)20-12(15)16;/h3-6H2,1-2H3,(H3,14,17,19)(H4,15,16,20,21);1H. The summed E-state index contributed by atoms with van der Waals surface area (Å²) in [4.78, 5) is 22.8. The first-order chi connectivity index (χ1) is 11.7. The van der Waals surface area contributed by atoms with E-state index in [1.165, 1.54) is 0 Å². The Hall–Kier alpha value is -1.65. The van der Waals surface area contributed by atoms with Gasteiger partial charge < -0.3 is 31.6 Å². The lowest BCUT2D eigenvalue weighted by molar-refractivity contribution is 0.0998. The molecule has 0 aromatic carbocycles. The first kappa shape index (κ1) is 24.4. The molecule has 11 nitrogen and oxygen atoms in total. The number of anilines is 2. The average molecular weight is 430 g/mol. The molecule has 0 saturated carbocycles. The van der Waals surface area contributed by atoms with Crippen LogP contribution in [-0.2, 0) is 13.6 Å². The Morgan fingerprint density at radius 2 is 1.85 bits per heavy atom. The van der Waals surface area contributed by atoms with Gasteiger partial charge in [0.1, 0.15) is 0 Å². The zero-order chi connectivity index (χ0) is 19.0. The number of nitrogens with zero attached hydrogens (tertiary/aromatic N) is 3. The Morgan fingerprint density at radius 1 is 1.27 bits per heavy atom. The second-order valence-corrected chi connectivity index (χ2v) is 7.08. The fourth-order valence-corrected chi connectivity index (χ4v) is 3.44. The minimum atomic E-state index is -3.21. The van der Waals surface area contributed by atoms with E-state index in [2.05, 4.69) is 20.3 Å². The molecule has 1 heterocycles. The molecule has 0 saturated heterocycles. The van der Waals surface area contributed by atoms with Crippen LogP contribution in [0.25, 0.3) is 0 Å². The van der Waals surface area contributed by atoms with Gasteiger partial charge in [-0.1, -0.05) is 11.6 Å². The summed E-state index contributed by atoms with van der Waals surface area (Å²) in [6.07, 6.45) is 0.0846. The molecular formula is C12H22Cl2N7O4P. The summed E-state index contributed by atoms with van der Waals surface area (Å²) in [6, 6.07) is 0. The summed E-state index contributed by atoms with van der Waals surface area (Å²) in [7, 11) is -3.21. The van der Waals surface area contributed by atoms with Crippen LogP contribution in [0, 0.1) is 0 Å². The SMILES string of the molecule is CCOP(=O)(CCNc1nc(N)c(C(=O)N=C(N)N)nc1Cl)OCC.Cl. The van der Waals surface area contributed by atoms with E-state index in [4.69, 9.17) is 37.8 Å². The van der Waals surface area contributed by atoms with E-state index in [1.54, 1.807) is 13.8 Å². The van der Waals surface area contributed by atoms with Gasteiger partial charge in [-0.15, -0.1) is 12.4 Å². The summed E-state index contributed by atoms with van der Waals surface area (Å²) in [6.45, 7) is 4.12. The van der Waals surface area contributed by atoms with Crippen molar-refractivity contribution >= 4 is 55.1 Å². The van der Waals surface area contributed by atoms with E-state index in [1.807, 2.05) is 0 Å². The topological polar surface area (TPSA) is 181 Å². The number of halogens is 2. The van der Waals surface area contributed by atoms with Crippen molar-refractivity contribution in [1.82, 2.24) is 9.97 Å². The summed E-state index contributed by atoms with van der Waals surface area (Å²) < 4.78 is 22.7. The molecule has 1 aromatic rings. The van der Waals surface area contributed by atoms with Gasteiger partial charge in [0, 0.05) is 6.54 Å². The van der Waals surface area contributed by atoms with Gasteiger partial charge >= 0.3 is 13.5 Å². The maximum absolute atomic E-state index is 12.3.